The number of nitrogens with zero attached hydrogens (tertiary/aromatic N) is 1. The van der Waals surface area contributed by atoms with E-state index in [0.717, 1.165) is 6.54 Å². The molecule has 1 N–H and O–H groups in total. The van der Waals surface area contributed by atoms with Crippen molar-refractivity contribution in [3.8, 4) is 5.75 Å². The van der Waals surface area contributed by atoms with Gasteiger partial charge in [0.1, 0.15) is 6.61 Å². The van der Waals surface area contributed by atoms with Crippen molar-refractivity contribution in [3.05, 3.63) is 29.6 Å². The molecule has 0 heterocycles. The van der Waals surface area contributed by atoms with Crippen LogP contribution in [-0.2, 0) is 0 Å². The van der Waals surface area contributed by atoms with Crippen LogP contribution in [0.25, 0.3) is 0 Å². The summed E-state index contributed by atoms with van der Waals surface area (Å²) in [6.07, 6.45) is -0.662. The van der Waals surface area contributed by atoms with Gasteiger partial charge in [-0.05, 0) is 38.7 Å². The molecule has 1 unspecified atom stereocenters. The van der Waals surface area contributed by atoms with Crippen LogP contribution >= 0.6 is 0 Å². The van der Waals surface area contributed by atoms with Gasteiger partial charge in [-0.15, -0.1) is 0 Å². The van der Waals surface area contributed by atoms with Gasteiger partial charge >= 0.3 is 0 Å². The van der Waals surface area contributed by atoms with E-state index in [1.165, 1.54) is 6.07 Å². The van der Waals surface area contributed by atoms with Crippen LogP contribution in [0.3, 0.4) is 0 Å². The van der Waals surface area contributed by atoms with Crippen LogP contribution in [0.2, 0.25) is 0 Å². The van der Waals surface area contributed by atoms with E-state index in [0.29, 0.717) is 12.2 Å². The first-order valence-electron chi connectivity index (χ1n) is 5.25. The fourth-order valence-corrected chi connectivity index (χ4v) is 1.23. The summed E-state index contributed by atoms with van der Waals surface area (Å²) in [5, 5.41) is 9.27. The smallest absolute Gasteiger partial charge is 0.165 e. The maximum absolute atomic E-state index is 13.5. The van der Waals surface area contributed by atoms with Crippen molar-refractivity contribution >= 4 is 0 Å². The van der Waals surface area contributed by atoms with Gasteiger partial charge in [0.2, 0.25) is 0 Å². The Labute approximate surface area is 95.5 Å². The summed E-state index contributed by atoms with van der Waals surface area (Å²) in [5.41, 5.74) is 0.553. The summed E-state index contributed by atoms with van der Waals surface area (Å²) in [7, 11) is 3.85. The quantitative estimate of drug-likeness (QED) is 0.832. The Bertz CT molecular complexity index is 340. The number of aliphatic hydroxyl groups excluding tert-OH is 1. The summed E-state index contributed by atoms with van der Waals surface area (Å²) in [6, 6.07) is 4.52. The molecule has 1 aromatic rings. The number of likely N-dealkylation sites (N-methyl/N-ethyl adjacent to an activating group) is 1. The van der Waals surface area contributed by atoms with Gasteiger partial charge in [-0.1, -0.05) is 6.07 Å². The number of rotatable bonds is 5. The maximum Gasteiger partial charge on any atom is 0.165 e. The van der Waals surface area contributed by atoms with Crippen LogP contribution < -0.4 is 4.74 Å². The molecule has 0 aliphatic carbocycles. The molecule has 3 nitrogen and oxygen atoms in total. The predicted molar refractivity (Wildman–Crippen MR) is 61.1 cm³/mol. The summed E-state index contributed by atoms with van der Waals surface area (Å²) in [5.74, 6) is -0.205. The van der Waals surface area contributed by atoms with Crippen molar-refractivity contribution in [1.29, 1.82) is 0 Å². The third kappa shape index (κ3) is 3.79. The minimum absolute atomic E-state index is 0.228. The van der Waals surface area contributed by atoms with E-state index < -0.39 is 11.9 Å². The minimum atomic E-state index is -0.662. The van der Waals surface area contributed by atoms with Gasteiger partial charge in [0.05, 0.1) is 6.10 Å². The lowest BCUT2D eigenvalue weighted by molar-refractivity contribution is 0.198. The van der Waals surface area contributed by atoms with Crippen molar-refractivity contribution < 1.29 is 14.2 Å². The highest BCUT2D eigenvalue weighted by molar-refractivity contribution is 5.30. The van der Waals surface area contributed by atoms with Crippen molar-refractivity contribution in [1.82, 2.24) is 4.90 Å². The molecule has 16 heavy (non-hydrogen) atoms. The van der Waals surface area contributed by atoms with Gasteiger partial charge < -0.3 is 14.7 Å². The third-order valence-electron chi connectivity index (χ3n) is 2.23. The number of aliphatic hydroxyl groups is 1. The van der Waals surface area contributed by atoms with E-state index in [1.807, 2.05) is 19.0 Å². The molecule has 0 aliphatic heterocycles. The highest BCUT2D eigenvalue weighted by atomic mass is 19.1. The average molecular weight is 227 g/mol. The Morgan fingerprint density at radius 1 is 1.44 bits per heavy atom. The molecule has 4 heteroatoms. The number of hydrogen-bond donors (Lipinski definition) is 1. The Morgan fingerprint density at radius 3 is 2.62 bits per heavy atom. The Kier molecular flexibility index (Phi) is 4.71. The number of benzene rings is 1. The average Bonchev–Trinajstić information content (AvgIpc) is 2.19. The van der Waals surface area contributed by atoms with E-state index >= 15 is 0 Å². The zero-order chi connectivity index (χ0) is 12.1. The molecule has 0 aromatic heterocycles. The number of hydrogen-bond acceptors (Lipinski definition) is 3. The fourth-order valence-electron chi connectivity index (χ4n) is 1.23. The first-order chi connectivity index (χ1) is 7.50. The zero-order valence-electron chi connectivity index (χ0n) is 9.90. The molecule has 0 aliphatic rings. The normalized spacial score (nSPS) is 12.9. The van der Waals surface area contributed by atoms with Gasteiger partial charge in [0.15, 0.2) is 11.6 Å². The molecule has 1 atom stereocenters. The van der Waals surface area contributed by atoms with Crippen LogP contribution in [0.1, 0.15) is 18.6 Å². The second-order valence-corrected chi connectivity index (χ2v) is 4.02. The summed E-state index contributed by atoms with van der Waals surface area (Å²) in [6.45, 7) is 2.77. The van der Waals surface area contributed by atoms with Crippen molar-refractivity contribution in [2.24, 2.45) is 0 Å². The molecule has 1 aromatic carbocycles. The van der Waals surface area contributed by atoms with E-state index in [1.54, 1.807) is 19.1 Å². The number of ether oxygens (including phenoxy) is 1. The first-order valence-corrected chi connectivity index (χ1v) is 5.25. The molecule has 0 saturated carbocycles. The highest BCUT2D eigenvalue weighted by Crippen LogP contribution is 2.21. The van der Waals surface area contributed by atoms with Crippen molar-refractivity contribution in [2.75, 3.05) is 27.2 Å². The molecule has 0 spiro atoms. The fraction of sp³-hybridized carbons (Fsp3) is 0.500. The minimum Gasteiger partial charge on any atom is -0.489 e. The summed E-state index contributed by atoms with van der Waals surface area (Å²) in [4.78, 5) is 1.96. The Hall–Kier alpha value is -1.13. The van der Waals surface area contributed by atoms with Gasteiger partial charge in [-0.25, -0.2) is 4.39 Å². The molecule has 0 fully saturated rings. The molecule has 0 bridgehead atoms. The molecule has 0 amide bonds. The second-order valence-electron chi connectivity index (χ2n) is 4.02. The van der Waals surface area contributed by atoms with Crippen LogP contribution in [-0.4, -0.2) is 37.3 Å². The zero-order valence-corrected chi connectivity index (χ0v) is 9.90. The van der Waals surface area contributed by atoms with E-state index in [9.17, 15) is 9.50 Å². The molecule has 0 radical (unpaired) electrons. The molecular formula is C12H18FNO2. The molecule has 1 rings (SSSR count). The SMILES string of the molecule is CC(O)c1ccc(OCCN(C)C)c(F)c1. The van der Waals surface area contributed by atoms with Gasteiger partial charge in [-0.3, -0.25) is 0 Å². The van der Waals surface area contributed by atoms with Gasteiger partial charge in [0.25, 0.3) is 0 Å². The van der Waals surface area contributed by atoms with Crippen LogP contribution in [0, 0.1) is 5.82 Å². The van der Waals surface area contributed by atoms with Crippen LogP contribution in [0.5, 0.6) is 5.75 Å². The largest absolute Gasteiger partial charge is 0.489 e. The van der Waals surface area contributed by atoms with E-state index in [2.05, 4.69) is 0 Å². The Balaban J connectivity index is 2.61. The molecular weight excluding hydrogens is 209 g/mol. The lowest BCUT2D eigenvalue weighted by Crippen LogP contribution is -2.19. The second kappa shape index (κ2) is 5.82. The summed E-state index contributed by atoms with van der Waals surface area (Å²) >= 11 is 0. The Morgan fingerprint density at radius 2 is 2.12 bits per heavy atom. The lowest BCUT2D eigenvalue weighted by Gasteiger charge is -2.12. The summed E-state index contributed by atoms with van der Waals surface area (Å²) < 4.78 is 18.8. The van der Waals surface area contributed by atoms with Crippen LogP contribution in [0.4, 0.5) is 4.39 Å². The third-order valence-corrected chi connectivity index (χ3v) is 2.23. The number of halogens is 1. The predicted octanol–water partition coefficient (Wildman–Crippen LogP) is 1.82. The first kappa shape index (κ1) is 12.9. The lowest BCUT2D eigenvalue weighted by atomic mass is 10.1. The maximum atomic E-state index is 13.5. The standard InChI is InChI=1S/C12H18FNO2/c1-9(15)10-4-5-12(11(13)8-10)16-7-6-14(2)3/h4-5,8-9,15H,6-7H2,1-3H3. The van der Waals surface area contributed by atoms with E-state index in [-0.39, 0.29) is 5.75 Å². The van der Waals surface area contributed by atoms with Crippen molar-refractivity contribution in [2.45, 2.75) is 13.0 Å². The topological polar surface area (TPSA) is 32.7 Å². The molecule has 90 valence electrons. The van der Waals surface area contributed by atoms with Gasteiger partial charge in [0, 0.05) is 6.54 Å². The highest BCUT2D eigenvalue weighted by Gasteiger charge is 2.07. The van der Waals surface area contributed by atoms with Gasteiger partial charge in [-0.2, -0.15) is 0 Å². The monoisotopic (exact) mass is 227 g/mol. The van der Waals surface area contributed by atoms with E-state index in [4.69, 9.17) is 4.74 Å². The molecule has 0 saturated heterocycles. The van der Waals surface area contributed by atoms with Crippen molar-refractivity contribution in [3.63, 3.8) is 0 Å². The van der Waals surface area contributed by atoms with Crippen LogP contribution in [0.15, 0.2) is 18.2 Å².